The molecule has 170 valence electrons. The molecule has 0 aliphatic carbocycles. The highest BCUT2D eigenvalue weighted by Crippen LogP contribution is 2.39. The van der Waals surface area contributed by atoms with Gasteiger partial charge in [0.15, 0.2) is 0 Å². The molecular formula is C25H29NO6. The first-order valence-corrected chi connectivity index (χ1v) is 10.6. The number of nitrogens with zero attached hydrogens (tertiary/aromatic N) is 1. The molecule has 0 aromatic heterocycles. The molecule has 1 heterocycles. The molecule has 1 atom stereocenters. The average molecular weight is 440 g/mol. The van der Waals surface area contributed by atoms with Crippen LogP contribution < -0.4 is 9.47 Å². The predicted octanol–water partition coefficient (Wildman–Crippen LogP) is 3.94. The van der Waals surface area contributed by atoms with Crippen LogP contribution in [0.3, 0.4) is 0 Å². The van der Waals surface area contributed by atoms with Crippen LogP contribution in [-0.4, -0.2) is 54.7 Å². The summed E-state index contributed by atoms with van der Waals surface area (Å²) in [4.78, 5) is 27.2. The molecule has 32 heavy (non-hydrogen) atoms. The number of rotatable bonds is 9. The summed E-state index contributed by atoms with van der Waals surface area (Å²) in [6.45, 7) is 6.75. The Morgan fingerprint density at radius 3 is 2.22 bits per heavy atom. The van der Waals surface area contributed by atoms with E-state index in [9.17, 15) is 14.7 Å². The van der Waals surface area contributed by atoms with E-state index in [1.807, 2.05) is 20.8 Å². The van der Waals surface area contributed by atoms with Crippen LogP contribution in [0.2, 0.25) is 0 Å². The molecule has 2 aromatic rings. The van der Waals surface area contributed by atoms with Crippen molar-refractivity contribution in [1.82, 2.24) is 4.90 Å². The van der Waals surface area contributed by atoms with E-state index in [2.05, 4.69) is 0 Å². The second-order valence-electron chi connectivity index (χ2n) is 7.68. The normalized spacial score (nSPS) is 17.8. The standard InChI is InChI=1S/C25H29NO6/c1-5-31-19-10-6-17(7-11-19)22-21(24(28)25(29)26(22)14-15-30-4)23(27)18-8-12-20(13-9-18)32-16(2)3/h6-13,16,22,27H,5,14-15H2,1-4H3/b23-21+. The number of benzene rings is 2. The molecule has 7 nitrogen and oxygen atoms in total. The maximum atomic E-state index is 13.0. The van der Waals surface area contributed by atoms with Gasteiger partial charge in [-0.25, -0.2) is 0 Å². The third-order valence-corrected chi connectivity index (χ3v) is 5.08. The fraction of sp³-hybridized carbons (Fsp3) is 0.360. The third-order valence-electron chi connectivity index (χ3n) is 5.08. The molecule has 0 bridgehead atoms. The molecule has 1 unspecified atom stereocenters. The van der Waals surface area contributed by atoms with Gasteiger partial charge in [0.1, 0.15) is 17.3 Å². The molecule has 1 N–H and O–H groups in total. The van der Waals surface area contributed by atoms with Gasteiger partial charge >= 0.3 is 0 Å². The van der Waals surface area contributed by atoms with Crippen LogP contribution in [0.15, 0.2) is 54.1 Å². The second-order valence-corrected chi connectivity index (χ2v) is 7.68. The molecule has 1 aliphatic rings. The van der Waals surface area contributed by atoms with E-state index in [4.69, 9.17) is 14.2 Å². The Labute approximate surface area is 188 Å². The Balaban J connectivity index is 2.05. The van der Waals surface area contributed by atoms with Gasteiger partial charge < -0.3 is 24.2 Å². The Bertz CT molecular complexity index is 978. The monoisotopic (exact) mass is 439 g/mol. The third kappa shape index (κ3) is 4.94. The number of methoxy groups -OCH3 is 1. The van der Waals surface area contributed by atoms with Gasteiger partial charge in [0.25, 0.3) is 11.7 Å². The topological polar surface area (TPSA) is 85.3 Å². The Hall–Kier alpha value is -3.32. The van der Waals surface area contributed by atoms with E-state index in [1.54, 1.807) is 48.5 Å². The van der Waals surface area contributed by atoms with Gasteiger partial charge in [-0.05, 0) is 62.7 Å². The smallest absolute Gasteiger partial charge is 0.295 e. The zero-order chi connectivity index (χ0) is 23.3. The van der Waals surface area contributed by atoms with Crippen molar-refractivity contribution >= 4 is 17.4 Å². The number of carbonyl (C=O) groups is 2. The summed E-state index contributed by atoms with van der Waals surface area (Å²) in [6.07, 6.45) is 0.0141. The number of likely N-dealkylation sites (tertiary alicyclic amines) is 1. The molecule has 1 fully saturated rings. The molecular weight excluding hydrogens is 410 g/mol. The van der Waals surface area contributed by atoms with Gasteiger partial charge in [-0.1, -0.05) is 12.1 Å². The number of carbonyl (C=O) groups excluding carboxylic acids is 2. The summed E-state index contributed by atoms with van der Waals surface area (Å²) in [7, 11) is 1.53. The van der Waals surface area contributed by atoms with Crippen LogP contribution in [0, 0.1) is 0 Å². The predicted molar refractivity (Wildman–Crippen MR) is 121 cm³/mol. The maximum Gasteiger partial charge on any atom is 0.295 e. The van der Waals surface area contributed by atoms with Crippen LogP contribution in [0.25, 0.3) is 5.76 Å². The Morgan fingerprint density at radius 1 is 1.03 bits per heavy atom. The summed E-state index contributed by atoms with van der Waals surface area (Å²) in [5, 5.41) is 11.1. The Kier molecular flexibility index (Phi) is 7.53. The van der Waals surface area contributed by atoms with E-state index in [-0.39, 0.29) is 30.6 Å². The van der Waals surface area contributed by atoms with Gasteiger partial charge in [-0.15, -0.1) is 0 Å². The lowest BCUT2D eigenvalue weighted by atomic mass is 9.95. The highest BCUT2D eigenvalue weighted by molar-refractivity contribution is 6.46. The SMILES string of the molecule is CCOc1ccc(C2/C(=C(\O)c3ccc(OC(C)C)cc3)C(=O)C(=O)N2CCOC)cc1. The van der Waals surface area contributed by atoms with Crippen molar-refractivity contribution in [3.63, 3.8) is 0 Å². The van der Waals surface area contributed by atoms with E-state index in [0.29, 0.717) is 29.2 Å². The molecule has 0 radical (unpaired) electrons. The lowest BCUT2D eigenvalue weighted by Gasteiger charge is -2.25. The summed E-state index contributed by atoms with van der Waals surface area (Å²) in [5.74, 6) is -0.272. The van der Waals surface area contributed by atoms with Crippen LogP contribution in [0.5, 0.6) is 11.5 Å². The summed E-state index contributed by atoms with van der Waals surface area (Å²) < 4.78 is 16.3. The number of aliphatic hydroxyl groups excluding tert-OH is 1. The van der Waals surface area contributed by atoms with Crippen molar-refractivity contribution in [2.24, 2.45) is 0 Å². The first kappa shape index (κ1) is 23.3. The molecule has 3 rings (SSSR count). The number of ketones is 1. The van der Waals surface area contributed by atoms with Crippen molar-refractivity contribution in [3.8, 4) is 11.5 Å². The number of amides is 1. The molecule has 0 spiro atoms. The lowest BCUT2D eigenvalue weighted by molar-refractivity contribution is -0.140. The van der Waals surface area contributed by atoms with Gasteiger partial charge in [-0.2, -0.15) is 0 Å². The highest BCUT2D eigenvalue weighted by atomic mass is 16.5. The largest absolute Gasteiger partial charge is 0.507 e. The molecule has 1 saturated heterocycles. The summed E-state index contributed by atoms with van der Waals surface area (Å²) >= 11 is 0. The van der Waals surface area contributed by atoms with Gasteiger partial charge in [-0.3, -0.25) is 9.59 Å². The lowest BCUT2D eigenvalue weighted by Crippen LogP contribution is -2.32. The second kappa shape index (κ2) is 10.3. The van der Waals surface area contributed by atoms with E-state index in [0.717, 1.165) is 0 Å². The average Bonchev–Trinajstić information content (AvgIpc) is 3.03. The zero-order valence-corrected chi connectivity index (χ0v) is 18.8. The zero-order valence-electron chi connectivity index (χ0n) is 18.8. The minimum atomic E-state index is -0.729. The quantitative estimate of drug-likeness (QED) is 0.362. The van der Waals surface area contributed by atoms with E-state index < -0.39 is 17.7 Å². The first-order valence-electron chi connectivity index (χ1n) is 10.6. The van der Waals surface area contributed by atoms with Crippen LogP contribution in [0.1, 0.15) is 37.9 Å². The minimum Gasteiger partial charge on any atom is -0.507 e. The van der Waals surface area contributed by atoms with Crippen molar-refractivity contribution in [2.75, 3.05) is 26.9 Å². The van der Waals surface area contributed by atoms with Crippen molar-refractivity contribution in [1.29, 1.82) is 0 Å². The molecule has 0 saturated carbocycles. The van der Waals surface area contributed by atoms with Gasteiger partial charge in [0.2, 0.25) is 0 Å². The summed E-state index contributed by atoms with van der Waals surface area (Å²) in [6, 6.07) is 13.2. The number of hydrogen-bond donors (Lipinski definition) is 1. The molecule has 1 aliphatic heterocycles. The van der Waals surface area contributed by atoms with Crippen LogP contribution in [-0.2, 0) is 14.3 Å². The van der Waals surface area contributed by atoms with Crippen molar-refractivity contribution in [3.05, 3.63) is 65.2 Å². The molecule has 1 amide bonds. The maximum absolute atomic E-state index is 13.0. The number of ether oxygens (including phenoxy) is 3. The minimum absolute atomic E-state index is 0.0141. The fourth-order valence-corrected chi connectivity index (χ4v) is 3.68. The van der Waals surface area contributed by atoms with Crippen molar-refractivity contribution in [2.45, 2.75) is 32.9 Å². The van der Waals surface area contributed by atoms with Gasteiger partial charge in [0.05, 0.1) is 30.9 Å². The van der Waals surface area contributed by atoms with E-state index in [1.165, 1.54) is 12.0 Å². The van der Waals surface area contributed by atoms with Crippen molar-refractivity contribution < 1.29 is 28.9 Å². The number of aliphatic hydroxyl groups is 1. The van der Waals surface area contributed by atoms with Crippen LogP contribution in [0.4, 0.5) is 0 Å². The highest BCUT2D eigenvalue weighted by Gasteiger charge is 2.45. The number of hydrogen-bond acceptors (Lipinski definition) is 6. The first-order chi connectivity index (χ1) is 15.4. The molecule has 7 heteroatoms. The number of Topliss-reactive ketones (excluding diaryl/α,β-unsaturated/α-hetero) is 1. The Morgan fingerprint density at radius 2 is 1.66 bits per heavy atom. The van der Waals surface area contributed by atoms with Crippen LogP contribution >= 0.6 is 0 Å². The fourth-order valence-electron chi connectivity index (χ4n) is 3.68. The molecule has 2 aromatic carbocycles. The van der Waals surface area contributed by atoms with E-state index >= 15 is 0 Å². The summed E-state index contributed by atoms with van der Waals surface area (Å²) in [5.41, 5.74) is 1.18. The van der Waals surface area contributed by atoms with Gasteiger partial charge in [0, 0.05) is 19.2 Å².